The SMILES string of the molecule is C=CCOc1ccc(/C=C2\NC(=S)N(C3CCCCC3)C2=O)cc1OCC. The second-order valence-electron chi connectivity index (χ2n) is 6.69. The number of thiocarbonyl (C=S) groups is 1. The fourth-order valence-electron chi connectivity index (χ4n) is 3.54. The number of nitrogens with one attached hydrogen (secondary N) is 1. The maximum atomic E-state index is 12.9. The van der Waals surface area contributed by atoms with Crippen LogP contribution in [0.2, 0.25) is 0 Å². The van der Waals surface area contributed by atoms with Gasteiger partial charge in [0.1, 0.15) is 12.3 Å². The Hall–Kier alpha value is -2.34. The van der Waals surface area contributed by atoms with Gasteiger partial charge in [0.2, 0.25) is 0 Å². The van der Waals surface area contributed by atoms with E-state index >= 15 is 0 Å². The molecule has 0 bridgehead atoms. The highest BCUT2D eigenvalue weighted by Gasteiger charge is 2.36. The average Bonchev–Trinajstić information content (AvgIpc) is 2.95. The summed E-state index contributed by atoms with van der Waals surface area (Å²) in [5, 5.41) is 3.59. The van der Waals surface area contributed by atoms with E-state index in [9.17, 15) is 4.79 Å². The van der Waals surface area contributed by atoms with E-state index in [1.807, 2.05) is 31.2 Å². The number of hydrogen-bond donors (Lipinski definition) is 1. The van der Waals surface area contributed by atoms with Crippen molar-refractivity contribution in [1.82, 2.24) is 10.2 Å². The number of carbonyl (C=O) groups excluding carboxylic acids is 1. The number of ether oxygens (including phenoxy) is 2. The second kappa shape index (κ2) is 9.04. The topological polar surface area (TPSA) is 50.8 Å². The van der Waals surface area contributed by atoms with Gasteiger partial charge in [0.15, 0.2) is 16.6 Å². The predicted octanol–water partition coefficient (Wildman–Crippen LogP) is 4.04. The highest BCUT2D eigenvalue weighted by molar-refractivity contribution is 7.80. The minimum atomic E-state index is -0.0446. The van der Waals surface area contributed by atoms with Crippen molar-refractivity contribution in [2.75, 3.05) is 13.2 Å². The van der Waals surface area contributed by atoms with E-state index in [0.29, 0.717) is 35.5 Å². The summed E-state index contributed by atoms with van der Waals surface area (Å²) >= 11 is 5.43. The van der Waals surface area contributed by atoms with Crippen molar-refractivity contribution in [2.45, 2.75) is 45.1 Å². The van der Waals surface area contributed by atoms with Crippen LogP contribution in [0, 0.1) is 0 Å². The van der Waals surface area contributed by atoms with E-state index in [4.69, 9.17) is 21.7 Å². The first-order valence-corrected chi connectivity index (χ1v) is 9.91. The van der Waals surface area contributed by atoms with Gasteiger partial charge in [0.25, 0.3) is 5.91 Å². The van der Waals surface area contributed by atoms with Crippen LogP contribution in [0.3, 0.4) is 0 Å². The lowest BCUT2D eigenvalue weighted by atomic mass is 9.94. The van der Waals surface area contributed by atoms with Gasteiger partial charge in [-0.05, 0) is 55.8 Å². The number of carbonyl (C=O) groups is 1. The Balaban J connectivity index is 1.81. The van der Waals surface area contributed by atoms with Gasteiger partial charge in [0.05, 0.1) is 6.61 Å². The minimum Gasteiger partial charge on any atom is -0.490 e. The molecule has 1 aliphatic heterocycles. The van der Waals surface area contributed by atoms with Crippen LogP contribution in [0.1, 0.15) is 44.6 Å². The summed E-state index contributed by atoms with van der Waals surface area (Å²) in [6, 6.07) is 5.83. The maximum absolute atomic E-state index is 12.9. The van der Waals surface area contributed by atoms with Crippen molar-refractivity contribution < 1.29 is 14.3 Å². The Morgan fingerprint density at radius 2 is 2.04 bits per heavy atom. The molecule has 1 aromatic rings. The van der Waals surface area contributed by atoms with Crippen molar-refractivity contribution in [2.24, 2.45) is 0 Å². The normalized spacial score (nSPS) is 19.3. The van der Waals surface area contributed by atoms with Crippen LogP contribution in [0.25, 0.3) is 6.08 Å². The molecular formula is C21H26N2O3S. The molecule has 1 N–H and O–H groups in total. The summed E-state index contributed by atoms with van der Waals surface area (Å²) in [4.78, 5) is 14.6. The number of hydrogen-bond acceptors (Lipinski definition) is 4. The van der Waals surface area contributed by atoms with Crippen LogP contribution < -0.4 is 14.8 Å². The molecule has 1 aliphatic carbocycles. The van der Waals surface area contributed by atoms with Crippen LogP contribution >= 0.6 is 12.2 Å². The second-order valence-corrected chi connectivity index (χ2v) is 7.08. The molecule has 3 rings (SSSR count). The van der Waals surface area contributed by atoms with Gasteiger partial charge in [0, 0.05) is 6.04 Å². The zero-order valence-corrected chi connectivity index (χ0v) is 16.5. The van der Waals surface area contributed by atoms with E-state index in [0.717, 1.165) is 31.2 Å². The third kappa shape index (κ3) is 4.50. The predicted molar refractivity (Wildman–Crippen MR) is 111 cm³/mol. The van der Waals surface area contributed by atoms with Crippen molar-refractivity contribution in [1.29, 1.82) is 0 Å². The monoisotopic (exact) mass is 386 g/mol. The molecular weight excluding hydrogens is 360 g/mol. The number of amides is 1. The van der Waals surface area contributed by atoms with E-state index < -0.39 is 0 Å². The van der Waals surface area contributed by atoms with E-state index in [1.165, 1.54) is 6.42 Å². The van der Waals surface area contributed by atoms with Crippen molar-refractivity contribution in [3.05, 3.63) is 42.1 Å². The molecule has 144 valence electrons. The molecule has 1 aromatic carbocycles. The summed E-state index contributed by atoms with van der Waals surface area (Å²) in [7, 11) is 0. The quantitative estimate of drug-likeness (QED) is 0.435. The van der Waals surface area contributed by atoms with Crippen molar-refractivity contribution in [3.8, 4) is 11.5 Å². The fraction of sp³-hybridized carbons (Fsp3) is 0.429. The number of benzene rings is 1. The summed E-state index contributed by atoms with van der Waals surface area (Å²) in [6.45, 7) is 6.52. The minimum absolute atomic E-state index is 0.0446. The van der Waals surface area contributed by atoms with Crippen LogP contribution in [0.15, 0.2) is 36.6 Å². The van der Waals surface area contributed by atoms with Gasteiger partial charge in [-0.2, -0.15) is 0 Å². The Bertz CT molecular complexity index is 754. The average molecular weight is 387 g/mol. The third-order valence-electron chi connectivity index (χ3n) is 4.78. The van der Waals surface area contributed by atoms with Gasteiger partial charge in [-0.3, -0.25) is 9.69 Å². The zero-order chi connectivity index (χ0) is 19.2. The molecule has 0 unspecified atom stereocenters. The third-order valence-corrected chi connectivity index (χ3v) is 5.08. The molecule has 2 aliphatic rings. The Kier molecular flexibility index (Phi) is 6.50. The van der Waals surface area contributed by atoms with Crippen LogP contribution in [0.5, 0.6) is 11.5 Å². The molecule has 1 saturated carbocycles. The zero-order valence-electron chi connectivity index (χ0n) is 15.7. The van der Waals surface area contributed by atoms with Crippen LogP contribution in [-0.2, 0) is 4.79 Å². The van der Waals surface area contributed by atoms with Crippen LogP contribution in [0.4, 0.5) is 0 Å². The van der Waals surface area contributed by atoms with Gasteiger partial charge in [-0.1, -0.05) is 38.0 Å². The molecule has 0 spiro atoms. The molecule has 2 fully saturated rings. The molecule has 1 amide bonds. The van der Waals surface area contributed by atoms with E-state index in [2.05, 4.69) is 11.9 Å². The summed E-state index contributed by atoms with van der Waals surface area (Å²) in [6.07, 6.45) is 9.09. The first-order valence-electron chi connectivity index (χ1n) is 9.50. The Morgan fingerprint density at radius 1 is 1.26 bits per heavy atom. The highest BCUT2D eigenvalue weighted by atomic mass is 32.1. The number of rotatable bonds is 7. The standard InChI is InChI=1S/C21H26N2O3S/c1-3-12-26-18-11-10-15(14-19(18)25-4-2)13-17-20(24)23(21(27)22-17)16-8-6-5-7-9-16/h3,10-11,13-14,16H,1,4-9,12H2,2H3,(H,22,27)/b17-13-. The molecule has 27 heavy (non-hydrogen) atoms. The molecule has 0 atom stereocenters. The van der Waals surface area contributed by atoms with Gasteiger partial charge in [-0.15, -0.1) is 0 Å². The largest absolute Gasteiger partial charge is 0.490 e. The highest BCUT2D eigenvalue weighted by Crippen LogP contribution is 2.31. The van der Waals surface area contributed by atoms with E-state index in [-0.39, 0.29) is 11.9 Å². The van der Waals surface area contributed by atoms with Crippen molar-refractivity contribution in [3.63, 3.8) is 0 Å². The lowest BCUT2D eigenvalue weighted by Gasteiger charge is -2.29. The van der Waals surface area contributed by atoms with Gasteiger partial charge >= 0.3 is 0 Å². The van der Waals surface area contributed by atoms with Gasteiger partial charge < -0.3 is 14.8 Å². The molecule has 6 heteroatoms. The molecule has 0 aromatic heterocycles. The maximum Gasteiger partial charge on any atom is 0.276 e. The van der Waals surface area contributed by atoms with Crippen molar-refractivity contribution >= 4 is 29.3 Å². The molecule has 0 radical (unpaired) electrons. The molecule has 1 heterocycles. The molecule has 1 saturated heterocycles. The first-order chi connectivity index (χ1) is 13.1. The first kappa shape index (κ1) is 19.4. The van der Waals surface area contributed by atoms with E-state index in [1.54, 1.807) is 11.0 Å². The fourth-order valence-corrected chi connectivity index (χ4v) is 3.88. The lowest BCUT2D eigenvalue weighted by Crippen LogP contribution is -2.41. The summed E-state index contributed by atoms with van der Waals surface area (Å²) in [5.41, 5.74) is 1.36. The Morgan fingerprint density at radius 3 is 2.74 bits per heavy atom. The Labute approximate surface area is 166 Å². The van der Waals surface area contributed by atoms with Gasteiger partial charge in [-0.25, -0.2) is 0 Å². The summed E-state index contributed by atoms with van der Waals surface area (Å²) in [5.74, 6) is 1.26. The smallest absolute Gasteiger partial charge is 0.276 e. The van der Waals surface area contributed by atoms with Crippen LogP contribution in [-0.4, -0.2) is 35.2 Å². The summed E-state index contributed by atoms with van der Waals surface area (Å²) < 4.78 is 11.3. The number of nitrogens with zero attached hydrogens (tertiary/aromatic N) is 1. The lowest BCUT2D eigenvalue weighted by molar-refractivity contribution is -0.124. The molecule has 5 nitrogen and oxygen atoms in total.